The van der Waals surface area contributed by atoms with Gasteiger partial charge >= 0.3 is 5.97 Å². The van der Waals surface area contributed by atoms with Crippen LogP contribution in [0.2, 0.25) is 0 Å². The minimum atomic E-state index is -1.18. The number of nitrogens with zero attached hydrogens (tertiary/aromatic N) is 1. The Hall–Kier alpha value is -2.15. The van der Waals surface area contributed by atoms with Crippen molar-refractivity contribution in [3.8, 4) is 0 Å². The maximum atomic E-state index is 11.1. The Morgan fingerprint density at radius 1 is 1.52 bits per heavy atom. The summed E-state index contributed by atoms with van der Waals surface area (Å²) < 4.78 is 5.46. The van der Waals surface area contributed by atoms with Crippen molar-refractivity contribution in [2.75, 3.05) is 11.9 Å². The summed E-state index contributed by atoms with van der Waals surface area (Å²) in [6.07, 6.45) is 1.69. The van der Waals surface area contributed by atoms with E-state index in [9.17, 15) is 14.9 Å². The molecule has 0 bridgehead atoms. The molecule has 1 heterocycles. The predicted molar refractivity (Wildman–Crippen MR) is 76.9 cm³/mol. The van der Waals surface area contributed by atoms with Crippen LogP contribution >= 0.6 is 0 Å². The van der Waals surface area contributed by atoms with Crippen molar-refractivity contribution in [1.29, 1.82) is 0 Å². The van der Waals surface area contributed by atoms with E-state index in [0.29, 0.717) is 17.9 Å². The molecule has 1 fully saturated rings. The van der Waals surface area contributed by atoms with Crippen LogP contribution in [0.5, 0.6) is 0 Å². The van der Waals surface area contributed by atoms with E-state index in [1.54, 1.807) is 6.92 Å². The summed E-state index contributed by atoms with van der Waals surface area (Å²) in [6, 6.07) is 2.66. The average Bonchev–Trinajstić information content (AvgIpc) is 2.40. The van der Waals surface area contributed by atoms with E-state index in [0.717, 1.165) is 18.9 Å². The summed E-state index contributed by atoms with van der Waals surface area (Å²) in [6.45, 7) is 4.21. The predicted octanol–water partition coefficient (Wildman–Crippen LogP) is 2.58. The Bertz CT molecular complexity index is 573. The lowest BCUT2D eigenvalue weighted by atomic mass is 10.0. The lowest BCUT2D eigenvalue weighted by Crippen LogP contribution is -2.32. The average molecular weight is 294 g/mol. The number of ether oxygens (including phenoxy) is 1. The van der Waals surface area contributed by atoms with Crippen molar-refractivity contribution in [2.45, 2.75) is 38.8 Å². The van der Waals surface area contributed by atoms with Gasteiger partial charge in [-0.05, 0) is 32.8 Å². The molecule has 114 valence electrons. The van der Waals surface area contributed by atoms with Gasteiger partial charge in [0.2, 0.25) is 0 Å². The molecule has 0 spiro atoms. The van der Waals surface area contributed by atoms with Gasteiger partial charge in [0, 0.05) is 30.0 Å². The number of carboxylic acids is 1. The van der Waals surface area contributed by atoms with Gasteiger partial charge in [-0.3, -0.25) is 10.1 Å². The number of benzene rings is 1. The second-order valence-electron chi connectivity index (χ2n) is 5.28. The van der Waals surface area contributed by atoms with Gasteiger partial charge in [-0.15, -0.1) is 0 Å². The molecule has 1 aliphatic rings. The van der Waals surface area contributed by atoms with E-state index in [-0.39, 0.29) is 23.4 Å². The zero-order chi connectivity index (χ0) is 15.6. The third-order valence-corrected chi connectivity index (χ3v) is 3.67. The first-order valence-corrected chi connectivity index (χ1v) is 6.79. The minimum Gasteiger partial charge on any atom is -0.478 e. The van der Waals surface area contributed by atoms with Crippen LogP contribution in [0.1, 0.15) is 35.7 Å². The fraction of sp³-hybridized carbons (Fsp3) is 0.500. The molecule has 7 heteroatoms. The van der Waals surface area contributed by atoms with Gasteiger partial charge in [-0.1, -0.05) is 0 Å². The summed E-state index contributed by atoms with van der Waals surface area (Å²) in [7, 11) is 0. The van der Waals surface area contributed by atoms with Crippen LogP contribution in [-0.4, -0.2) is 34.8 Å². The highest BCUT2D eigenvalue weighted by Crippen LogP contribution is 2.30. The SMILES string of the molecule is Cc1c(NC2CCOC(C)C2)cc(C(=O)O)cc1[N+](=O)[O-]. The summed E-state index contributed by atoms with van der Waals surface area (Å²) in [5.41, 5.74) is 0.678. The molecule has 0 amide bonds. The highest BCUT2D eigenvalue weighted by atomic mass is 16.6. The molecular weight excluding hydrogens is 276 g/mol. The van der Waals surface area contributed by atoms with Gasteiger partial charge in [0.1, 0.15) is 0 Å². The van der Waals surface area contributed by atoms with Crippen molar-refractivity contribution < 1.29 is 19.6 Å². The number of carbonyl (C=O) groups is 1. The summed E-state index contributed by atoms with van der Waals surface area (Å²) in [4.78, 5) is 21.6. The molecule has 1 aromatic carbocycles. The van der Waals surface area contributed by atoms with Crippen LogP contribution in [0.15, 0.2) is 12.1 Å². The van der Waals surface area contributed by atoms with E-state index >= 15 is 0 Å². The van der Waals surface area contributed by atoms with Gasteiger partial charge in [0.05, 0.1) is 16.6 Å². The number of rotatable bonds is 4. The molecule has 21 heavy (non-hydrogen) atoms. The highest BCUT2D eigenvalue weighted by molar-refractivity contribution is 5.90. The number of nitro groups is 1. The van der Waals surface area contributed by atoms with Crippen LogP contribution in [0.25, 0.3) is 0 Å². The maximum Gasteiger partial charge on any atom is 0.336 e. The first-order valence-electron chi connectivity index (χ1n) is 6.79. The number of anilines is 1. The molecule has 2 N–H and O–H groups in total. The second kappa shape index (κ2) is 6.09. The van der Waals surface area contributed by atoms with Crippen LogP contribution in [0.4, 0.5) is 11.4 Å². The number of aromatic carboxylic acids is 1. The summed E-state index contributed by atoms with van der Waals surface area (Å²) in [5.74, 6) is -1.18. The fourth-order valence-electron chi connectivity index (χ4n) is 2.51. The van der Waals surface area contributed by atoms with E-state index in [1.807, 2.05) is 6.92 Å². The molecular formula is C14H18N2O5. The Labute approximate surface area is 122 Å². The fourth-order valence-corrected chi connectivity index (χ4v) is 2.51. The van der Waals surface area contributed by atoms with E-state index in [1.165, 1.54) is 6.07 Å². The lowest BCUT2D eigenvalue weighted by molar-refractivity contribution is -0.385. The van der Waals surface area contributed by atoms with Gasteiger partial charge in [-0.25, -0.2) is 4.79 Å². The zero-order valence-corrected chi connectivity index (χ0v) is 12.0. The molecule has 2 rings (SSSR count). The van der Waals surface area contributed by atoms with Crippen LogP contribution in [0, 0.1) is 17.0 Å². The molecule has 2 atom stereocenters. The van der Waals surface area contributed by atoms with E-state index in [2.05, 4.69) is 5.32 Å². The Morgan fingerprint density at radius 3 is 2.81 bits per heavy atom. The van der Waals surface area contributed by atoms with Crippen molar-refractivity contribution >= 4 is 17.3 Å². The molecule has 1 aliphatic heterocycles. The standard InChI is InChI=1S/C14H18N2O5/c1-8-5-11(3-4-21-8)15-12-6-10(14(17)18)7-13(9(12)2)16(19)20/h6-8,11,15H,3-5H2,1-2H3,(H,17,18). The van der Waals surface area contributed by atoms with Crippen molar-refractivity contribution in [1.82, 2.24) is 0 Å². The lowest BCUT2D eigenvalue weighted by Gasteiger charge is -2.29. The molecule has 0 radical (unpaired) electrons. The monoisotopic (exact) mass is 294 g/mol. The molecule has 2 unspecified atom stereocenters. The van der Waals surface area contributed by atoms with Gasteiger partial charge < -0.3 is 15.2 Å². The summed E-state index contributed by atoms with van der Waals surface area (Å²) >= 11 is 0. The minimum absolute atomic E-state index is 0.0880. The third-order valence-electron chi connectivity index (χ3n) is 3.67. The van der Waals surface area contributed by atoms with Crippen LogP contribution in [-0.2, 0) is 4.74 Å². The molecule has 0 aromatic heterocycles. The van der Waals surface area contributed by atoms with Gasteiger partial charge in [0.15, 0.2) is 0 Å². The number of hydrogen-bond acceptors (Lipinski definition) is 5. The quantitative estimate of drug-likeness (QED) is 0.653. The topological polar surface area (TPSA) is 102 Å². The molecule has 0 aliphatic carbocycles. The van der Waals surface area contributed by atoms with Crippen LogP contribution in [0.3, 0.4) is 0 Å². The smallest absolute Gasteiger partial charge is 0.336 e. The Kier molecular flexibility index (Phi) is 4.42. The van der Waals surface area contributed by atoms with Crippen molar-refractivity contribution in [2.24, 2.45) is 0 Å². The molecule has 1 saturated heterocycles. The number of nitrogens with one attached hydrogen (secondary N) is 1. The first-order chi connectivity index (χ1) is 9.88. The third kappa shape index (κ3) is 3.49. The second-order valence-corrected chi connectivity index (χ2v) is 5.28. The van der Waals surface area contributed by atoms with E-state index in [4.69, 9.17) is 9.84 Å². The van der Waals surface area contributed by atoms with Crippen LogP contribution < -0.4 is 5.32 Å². The number of hydrogen-bond donors (Lipinski definition) is 2. The molecule has 7 nitrogen and oxygen atoms in total. The Balaban J connectivity index is 2.33. The molecule has 1 aromatic rings. The Morgan fingerprint density at radius 2 is 2.24 bits per heavy atom. The normalized spacial score (nSPS) is 21.8. The first kappa shape index (κ1) is 15.2. The number of carboxylic acid groups (broad SMARTS) is 1. The summed E-state index contributed by atoms with van der Waals surface area (Å²) in [5, 5.41) is 23.4. The largest absolute Gasteiger partial charge is 0.478 e. The van der Waals surface area contributed by atoms with Crippen molar-refractivity contribution in [3.63, 3.8) is 0 Å². The highest BCUT2D eigenvalue weighted by Gasteiger charge is 2.23. The van der Waals surface area contributed by atoms with E-state index < -0.39 is 10.9 Å². The zero-order valence-electron chi connectivity index (χ0n) is 12.0. The molecule has 0 saturated carbocycles. The maximum absolute atomic E-state index is 11.1. The number of nitro benzene ring substituents is 1. The van der Waals surface area contributed by atoms with Gasteiger partial charge in [0.25, 0.3) is 5.69 Å². The van der Waals surface area contributed by atoms with Crippen molar-refractivity contribution in [3.05, 3.63) is 33.4 Å². The van der Waals surface area contributed by atoms with Gasteiger partial charge in [-0.2, -0.15) is 0 Å².